The monoisotopic (exact) mass is 405 g/mol. The van der Waals surface area contributed by atoms with Crippen LogP contribution in [0.5, 0.6) is 5.75 Å². The van der Waals surface area contributed by atoms with Gasteiger partial charge in [-0.05, 0) is 48.3 Å². The van der Waals surface area contributed by atoms with Gasteiger partial charge in [-0.25, -0.2) is 0 Å². The molecule has 1 fully saturated rings. The molecule has 1 aliphatic rings. The molecule has 1 N–H and O–H groups in total. The van der Waals surface area contributed by atoms with Crippen LogP contribution in [0.15, 0.2) is 47.5 Å². The van der Waals surface area contributed by atoms with Crippen molar-refractivity contribution < 1.29 is 5.11 Å². The van der Waals surface area contributed by atoms with Gasteiger partial charge >= 0.3 is 0 Å². The third-order valence-corrected chi connectivity index (χ3v) is 7.05. The van der Waals surface area contributed by atoms with Gasteiger partial charge in [-0.1, -0.05) is 90.3 Å². The normalized spacial score (nSPS) is 16.3. The first-order valence-electron chi connectivity index (χ1n) is 11.8. The van der Waals surface area contributed by atoms with Crippen LogP contribution in [0, 0.1) is 0 Å². The maximum absolute atomic E-state index is 11.5. The number of nitrogens with zero attached hydrogens (tertiary/aromatic N) is 1. The molecule has 1 aliphatic carbocycles. The SMILES string of the molecule is CCC(CC)(c1ccccc1)c1cc(C(C)(C)C)cc(C=NC2CCCCC2)c1O. The summed E-state index contributed by atoms with van der Waals surface area (Å²) in [6.07, 6.45) is 10.0. The lowest BCUT2D eigenvalue weighted by Crippen LogP contribution is -2.27. The molecule has 2 aromatic rings. The van der Waals surface area contributed by atoms with Gasteiger partial charge in [0.05, 0.1) is 0 Å². The molecule has 2 heteroatoms. The zero-order valence-electron chi connectivity index (χ0n) is 19.5. The molecule has 3 rings (SSSR count). The Kier molecular flexibility index (Phi) is 7.06. The molecule has 0 amide bonds. The summed E-state index contributed by atoms with van der Waals surface area (Å²) >= 11 is 0. The van der Waals surface area contributed by atoms with E-state index < -0.39 is 0 Å². The van der Waals surface area contributed by atoms with Crippen LogP contribution in [0.25, 0.3) is 0 Å². The van der Waals surface area contributed by atoms with Gasteiger partial charge < -0.3 is 5.11 Å². The van der Waals surface area contributed by atoms with Crippen molar-refractivity contribution in [2.24, 2.45) is 4.99 Å². The first-order chi connectivity index (χ1) is 14.3. The van der Waals surface area contributed by atoms with Crippen LogP contribution in [0.2, 0.25) is 0 Å². The van der Waals surface area contributed by atoms with E-state index in [9.17, 15) is 5.11 Å². The molecule has 0 aliphatic heterocycles. The Morgan fingerprint density at radius 1 is 0.933 bits per heavy atom. The third kappa shape index (κ3) is 4.63. The van der Waals surface area contributed by atoms with E-state index in [1.54, 1.807) is 0 Å². The summed E-state index contributed by atoms with van der Waals surface area (Å²) < 4.78 is 0. The largest absolute Gasteiger partial charge is 0.507 e. The number of phenolic OH excluding ortho intramolecular Hbond substituents is 1. The minimum atomic E-state index is -0.208. The summed E-state index contributed by atoms with van der Waals surface area (Å²) in [6, 6.07) is 15.5. The Morgan fingerprint density at radius 3 is 2.13 bits per heavy atom. The van der Waals surface area contributed by atoms with Crippen molar-refractivity contribution in [2.75, 3.05) is 0 Å². The number of phenols is 1. The topological polar surface area (TPSA) is 32.6 Å². The number of benzene rings is 2. The van der Waals surface area contributed by atoms with Gasteiger partial charge in [-0.2, -0.15) is 0 Å². The van der Waals surface area contributed by atoms with Crippen LogP contribution in [0.4, 0.5) is 0 Å². The fourth-order valence-electron chi connectivity index (χ4n) is 4.92. The molecule has 162 valence electrons. The standard InChI is InChI=1S/C28H39NO/c1-6-28(7-2,22-14-10-8-11-15-22)25-19-23(27(3,4)5)18-21(26(25)30)20-29-24-16-12-9-13-17-24/h8,10-11,14-15,18-20,24,30H,6-7,9,12-13,16-17H2,1-5H3. The lowest BCUT2D eigenvalue weighted by atomic mass is 9.68. The molecular formula is C28H39NO. The van der Waals surface area contributed by atoms with Crippen molar-refractivity contribution in [1.82, 2.24) is 0 Å². The molecule has 0 unspecified atom stereocenters. The predicted molar refractivity (Wildman–Crippen MR) is 129 cm³/mol. The second-order valence-electron chi connectivity index (χ2n) is 9.94. The van der Waals surface area contributed by atoms with Crippen LogP contribution in [-0.4, -0.2) is 17.4 Å². The minimum absolute atomic E-state index is 0.000209. The van der Waals surface area contributed by atoms with E-state index in [1.807, 2.05) is 6.21 Å². The van der Waals surface area contributed by atoms with E-state index in [4.69, 9.17) is 4.99 Å². The molecule has 2 nitrogen and oxygen atoms in total. The smallest absolute Gasteiger partial charge is 0.128 e. The Balaban J connectivity index is 2.16. The van der Waals surface area contributed by atoms with Gasteiger partial charge in [0.1, 0.15) is 5.75 Å². The van der Waals surface area contributed by atoms with Crippen LogP contribution < -0.4 is 0 Å². The zero-order chi connectivity index (χ0) is 21.8. The highest BCUT2D eigenvalue weighted by atomic mass is 16.3. The minimum Gasteiger partial charge on any atom is -0.507 e. The van der Waals surface area contributed by atoms with Crippen LogP contribution in [-0.2, 0) is 10.8 Å². The molecule has 0 spiro atoms. The zero-order valence-corrected chi connectivity index (χ0v) is 19.5. The molecule has 0 radical (unpaired) electrons. The third-order valence-electron chi connectivity index (χ3n) is 7.05. The highest BCUT2D eigenvalue weighted by molar-refractivity contribution is 5.85. The summed E-state index contributed by atoms with van der Waals surface area (Å²) in [6.45, 7) is 11.2. The van der Waals surface area contributed by atoms with Gasteiger partial charge in [-0.15, -0.1) is 0 Å². The lowest BCUT2D eigenvalue weighted by Gasteiger charge is -2.35. The summed E-state index contributed by atoms with van der Waals surface area (Å²) in [5.41, 5.74) is 4.22. The maximum Gasteiger partial charge on any atom is 0.128 e. The van der Waals surface area contributed by atoms with Crippen LogP contribution >= 0.6 is 0 Å². The second kappa shape index (κ2) is 9.37. The van der Waals surface area contributed by atoms with E-state index >= 15 is 0 Å². The maximum atomic E-state index is 11.5. The highest BCUT2D eigenvalue weighted by Gasteiger charge is 2.35. The van der Waals surface area contributed by atoms with E-state index in [2.05, 4.69) is 77.1 Å². The molecule has 0 atom stereocenters. The Bertz CT molecular complexity index is 850. The summed E-state index contributed by atoms with van der Waals surface area (Å²) in [4.78, 5) is 4.90. The summed E-state index contributed by atoms with van der Waals surface area (Å²) in [5.74, 6) is 0.398. The lowest BCUT2D eigenvalue weighted by molar-refractivity contribution is 0.416. The van der Waals surface area contributed by atoms with E-state index in [-0.39, 0.29) is 10.8 Å². The second-order valence-corrected chi connectivity index (χ2v) is 9.94. The number of hydrogen-bond donors (Lipinski definition) is 1. The van der Waals surface area contributed by atoms with Gasteiger partial charge in [0.25, 0.3) is 0 Å². The molecule has 0 bridgehead atoms. The molecule has 1 saturated carbocycles. The quantitative estimate of drug-likeness (QED) is 0.494. The Hall–Kier alpha value is -2.09. The van der Waals surface area contributed by atoms with Gasteiger partial charge in [-0.3, -0.25) is 4.99 Å². The first kappa shape index (κ1) is 22.6. The van der Waals surface area contributed by atoms with Crippen molar-refractivity contribution in [3.63, 3.8) is 0 Å². The summed E-state index contributed by atoms with van der Waals surface area (Å²) in [7, 11) is 0. The van der Waals surface area contributed by atoms with Crippen molar-refractivity contribution in [3.8, 4) is 5.75 Å². The Labute approximate surface area is 183 Å². The highest BCUT2D eigenvalue weighted by Crippen LogP contribution is 2.45. The van der Waals surface area contributed by atoms with Crippen LogP contribution in [0.1, 0.15) is 102 Å². The van der Waals surface area contributed by atoms with Crippen molar-refractivity contribution in [2.45, 2.75) is 96.4 Å². The predicted octanol–water partition coefficient (Wildman–Crippen LogP) is 7.55. The fourth-order valence-corrected chi connectivity index (χ4v) is 4.92. The molecule has 0 aromatic heterocycles. The van der Waals surface area contributed by atoms with Crippen molar-refractivity contribution in [1.29, 1.82) is 0 Å². The molecule has 0 saturated heterocycles. The van der Waals surface area contributed by atoms with Crippen molar-refractivity contribution in [3.05, 3.63) is 64.7 Å². The fraction of sp³-hybridized carbons (Fsp3) is 0.536. The molecule has 0 heterocycles. The molecular weight excluding hydrogens is 366 g/mol. The Morgan fingerprint density at radius 2 is 1.57 bits per heavy atom. The van der Waals surface area contributed by atoms with E-state index in [0.29, 0.717) is 11.8 Å². The van der Waals surface area contributed by atoms with Gasteiger partial charge in [0.15, 0.2) is 0 Å². The molecule has 2 aromatic carbocycles. The van der Waals surface area contributed by atoms with Crippen molar-refractivity contribution >= 4 is 6.21 Å². The van der Waals surface area contributed by atoms with Gasteiger partial charge in [0.2, 0.25) is 0 Å². The average Bonchev–Trinajstić information content (AvgIpc) is 2.76. The number of hydrogen-bond acceptors (Lipinski definition) is 2. The molecule has 30 heavy (non-hydrogen) atoms. The first-order valence-corrected chi connectivity index (χ1v) is 11.8. The number of aliphatic imine (C=N–C) groups is 1. The number of aromatic hydroxyl groups is 1. The van der Waals surface area contributed by atoms with Crippen LogP contribution in [0.3, 0.4) is 0 Å². The van der Waals surface area contributed by atoms with Gasteiger partial charge in [0, 0.05) is 28.8 Å². The number of rotatable bonds is 6. The van der Waals surface area contributed by atoms with E-state index in [1.165, 1.54) is 43.2 Å². The summed E-state index contributed by atoms with van der Waals surface area (Å²) in [5, 5.41) is 11.5. The van der Waals surface area contributed by atoms with E-state index in [0.717, 1.165) is 24.0 Å². The average molecular weight is 406 g/mol.